The standard InChI is InChI=1S/C16H18N10O5S3/c1-3-31-21-7(10-19-15(17)34-22-10)11(27)18-8-12(28)26-9(14(29)30)6(4-32-13(8)26)5-33-16-20-23-24-25(16)2/h8,13H,3-5H2,1-2H3,(H,18,27)(H,29,30)(H2,17,19,22)/t8?,13-/m1/s1. The number of tetrazole rings is 1. The molecule has 0 aromatic carbocycles. The van der Waals surface area contributed by atoms with Crippen molar-refractivity contribution < 1.29 is 24.3 Å². The molecule has 2 aliphatic rings. The fourth-order valence-corrected chi connectivity index (χ4v) is 5.91. The lowest BCUT2D eigenvalue weighted by Gasteiger charge is -2.49. The predicted octanol–water partition coefficient (Wildman–Crippen LogP) is -1.08. The van der Waals surface area contributed by atoms with E-state index in [4.69, 9.17) is 10.6 Å². The van der Waals surface area contributed by atoms with Gasteiger partial charge < -0.3 is 21.0 Å². The molecule has 18 heteroatoms. The van der Waals surface area contributed by atoms with E-state index in [9.17, 15) is 19.5 Å². The number of oxime groups is 1. The number of aromatic nitrogens is 6. The van der Waals surface area contributed by atoms with Crippen LogP contribution >= 0.6 is 35.1 Å². The molecule has 4 heterocycles. The molecule has 0 saturated carbocycles. The summed E-state index contributed by atoms with van der Waals surface area (Å²) in [4.78, 5) is 47.9. The Labute approximate surface area is 204 Å². The zero-order valence-electron chi connectivity index (χ0n) is 17.7. The van der Waals surface area contributed by atoms with Crippen LogP contribution in [0.2, 0.25) is 0 Å². The lowest BCUT2D eigenvalue weighted by atomic mass is 10.0. The number of carbonyl (C=O) groups is 3. The summed E-state index contributed by atoms with van der Waals surface area (Å²) >= 11 is 3.49. The third-order valence-electron chi connectivity index (χ3n) is 4.65. The van der Waals surface area contributed by atoms with Crippen LogP contribution in [0.15, 0.2) is 21.6 Å². The topological polar surface area (TPSA) is 204 Å². The quantitative estimate of drug-likeness (QED) is 0.154. The van der Waals surface area contributed by atoms with E-state index in [0.717, 1.165) is 11.5 Å². The number of amides is 2. The first-order valence-corrected chi connectivity index (χ1v) is 12.5. The molecule has 2 atom stereocenters. The van der Waals surface area contributed by atoms with E-state index in [1.54, 1.807) is 14.0 Å². The molecular formula is C16H18N10O5S3. The van der Waals surface area contributed by atoms with Gasteiger partial charge in [0, 0.05) is 30.1 Å². The van der Waals surface area contributed by atoms with Crippen molar-refractivity contribution >= 4 is 63.7 Å². The first-order valence-electron chi connectivity index (χ1n) is 9.67. The average molecular weight is 527 g/mol. The van der Waals surface area contributed by atoms with Crippen molar-refractivity contribution in [1.82, 2.24) is 39.8 Å². The van der Waals surface area contributed by atoms with Crippen LogP contribution in [0, 0.1) is 0 Å². The molecule has 2 aliphatic heterocycles. The van der Waals surface area contributed by atoms with Crippen LogP contribution in [0.5, 0.6) is 0 Å². The number of hydrogen-bond acceptors (Lipinski definition) is 14. The number of nitrogens with two attached hydrogens (primary N) is 1. The van der Waals surface area contributed by atoms with Crippen molar-refractivity contribution in [3.63, 3.8) is 0 Å². The molecule has 4 N–H and O–H groups in total. The minimum absolute atomic E-state index is 0.0305. The molecule has 2 aromatic rings. The van der Waals surface area contributed by atoms with Gasteiger partial charge in [-0.2, -0.15) is 9.36 Å². The van der Waals surface area contributed by atoms with E-state index in [2.05, 4.69) is 35.4 Å². The fraction of sp³-hybridized carbons (Fsp3) is 0.438. The maximum atomic E-state index is 12.9. The Morgan fingerprint density at radius 3 is 2.85 bits per heavy atom. The van der Waals surface area contributed by atoms with E-state index in [1.165, 1.54) is 33.1 Å². The molecule has 15 nitrogen and oxygen atoms in total. The fourth-order valence-electron chi connectivity index (χ4n) is 3.14. The van der Waals surface area contributed by atoms with Gasteiger partial charge in [-0.05, 0) is 22.9 Å². The van der Waals surface area contributed by atoms with E-state index in [1.807, 2.05) is 0 Å². The third kappa shape index (κ3) is 4.55. The Kier molecular flexibility index (Phi) is 6.98. The summed E-state index contributed by atoms with van der Waals surface area (Å²) in [7, 11) is 1.67. The zero-order chi connectivity index (χ0) is 24.4. The molecule has 1 saturated heterocycles. The molecule has 1 unspecified atom stereocenters. The van der Waals surface area contributed by atoms with Gasteiger partial charge in [-0.15, -0.1) is 16.9 Å². The van der Waals surface area contributed by atoms with Crippen LogP contribution in [0.25, 0.3) is 0 Å². The molecule has 1 fully saturated rings. The molecule has 0 bridgehead atoms. The van der Waals surface area contributed by atoms with Gasteiger partial charge in [0.1, 0.15) is 23.7 Å². The number of aryl methyl sites for hydroxylation is 1. The Bertz CT molecular complexity index is 1190. The highest BCUT2D eigenvalue weighted by Crippen LogP contribution is 2.41. The minimum atomic E-state index is -1.23. The van der Waals surface area contributed by atoms with Crippen LogP contribution in [0.4, 0.5) is 5.13 Å². The number of carboxylic acid groups (broad SMARTS) is 1. The number of nitrogens with one attached hydrogen (secondary N) is 1. The molecular weight excluding hydrogens is 508 g/mol. The summed E-state index contributed by atoms with van der Waals surface area (Å²) in [6, 6.07) is -0.952. The number of anilines is 1. The number of fused-ring (bicyclic) bond motifs is 1. The Hall–Kier alpha value is -3.25. The van der Waals surface area contributed by atoms with Crippen molar-refractivity contribution in [2.24, 2.45) is 12.2 Å². The normalized spacial score (nSPS) is 20.1. The second-order valence-electron chi connectivity index (χ2n) is 6.81. The van der Waals surface area contributed by atoms with Gasteiger partial charge in [0.2, 0.25) is 16.7 Å². The summed E-state index contributed by atoms with van der Waals surface area (Å²) in [6.45, 7) is 1.88. The monoisotopic (exact) mass is 526 g/mol. The van der Waals surface area contributed by atoms with Gasteiger partial charge in [0.15, 0.2) is 5.13 Å². The minimum Gasteiger partial charge on any atom is -0.477 e. The van der Waals surface area contributed by atoms with Crippen LogP contribution in [-0.4, -0.2) is 92.6 Å². The molecule has 34 heavy (non-hydrogen) atoms. The molecule has 180 valence electrons. The van der Waals surface area contributed by atoms with Crippen molar-refractivity contribution in [2.45, 2.75) is 23.5 Å². The Morgan fingerprint density at radius 1 is 1.44 bits per heavy atom. The predicted molar refractivity (Wildman–Crippen MR) is 122 cm³/mol. The number of carboxylic acids is 1. The number of hydrogen-bond donors (Lipinski definition) is 3. The number of aliphatic carboxylic acids is 1. The zero-order valence-corrected chi connectivity index (χ0v) is 20.2. The molecule has 0 spiro atoms. The summed E-state index contributed by atoms with van der Waals surface area (Å²) < 4.78 is 5.43. The average Bonchev–Trinajstić information content (AvgIpc) is 3.43. The van der Waals surface area contributed by atoms with Crippen LogP contribution in [0.3, 0.4) is 0 Å². The first kappa shape index (κ1) is 23.9. The van der Waals surface area contributed by atoms with E-state index >= 15 is 0 Å². The third-order valence-corrected chi connectivity index (χ3v) is 7.63. The summed E-state index contributed by atoms with van der Waals surface area (Å²) in [5.41, 5.74) is 5.82. The molecule has 4 rings (SSSR count). The summed E-state index contributed by atoms with van der Waals surface area (Å²) in [5, 5.41) is 27.4. The molecule has 2 amide bonds. The van der Waals surface area contributed by atoms with Gasteiger partial charge >= 0.3 is 5.97 Å². The SMILES string of the molecule is CCON=C(C(=O)NC1C(=O)N2C(C(=O)O)=C(CSc3nnnn3C)CS[C@H]12)c1nsc(N)n1. The van der Waals surface area contributed by atoms with Crippen molar-refractivity contribution in [1.29, 1.82) is 0 Å². The van der Waals surface area contributed by atoms with Crippen molar-refractivity contribution in [3.05, 3.63) is 17.1 Å². The van der Waals surface area contributed by atoms with Crippen molar-refractivity contribution in [2.75, 3.05) is 23.8 Å². The van der Waals surface area contributed by atoms with Gasteiger partial charge in [-0.1, -0.05) is 16.9 Å². The summed E-state index contributed by atoms with van der Waals surface area (Å²) in [5.74, 6) is -1.90. The number of thioether (sulfide) groups is 2. The second kappa shape index (κ2) is 9.94. The maximum absolute atomic E-state index is 12.9. The number of nitrogen functional groups attached to an aromatic ring is 1. The second-order valence-corrected chi connectivity index (χ2v) is 9.64. The van der Waals surface area contributed by atoms with Crippen LogP contribution < -0.4 is 11.1 Å². The Morgan fingerprint density at radius 2 is 2.24 bits per heavy atom. The van der Waals surface area contributed by atoms with Gasteiger partial charge in [0.25, 0.3) is 11.8 Å². The first-order chi connectivity index (χ1) is 16.3. The summed E-state index contributed by atoms with van der Waals surface area (Å²) in [6.07, 6.45) is 0. The van der Waals surface area contributed by atoms with E-state index in [-0.39, 0.29) is 29.0 Å². The lowest BCUT2D eigenvalue weighted by Crippen LogP contribution is -2.71. The van der Waals surface area contributed by atoms with Crippen LogP contribution in [0.1, 0.15) is 12.7 Å². The highest BCUT2D eigenvalue weighted by molar-refractivity contribution is 8.01. The van der Waals surface area contributed by atoms with Crippen molar-refractivity contribution in [3.8, 4) is 0 Å². The number of carbonyl (C=O) groups excluding carboxylic acids is 2. The van der Waals surface area contributed by atoms with E-state index < -0.39 is 29.2 Å². The highest BCUT2D eigenvalue weighted by atomic mass is 32.2. The largest absolute Gasteiger partial charge is 0.477 e. The number of nitrogens with zero attached hydrogens (tertiary/aromatic N) is 8. The maximum Gasteiger partial charge on any atom is 0.352 e. The number of rotatable bonds is 9. The lowest BCUT2D eigenvalue weighted by molar-refractivity contribution is -0.150. The molecule has 0 radical (unpaired) electrons. The number of β-lactam (4-membered cyclic amide) rings is 1. The van der Waals surface area contributed by atoms with Gasteiger partial charge in [0.05, 0.1) is 0 Å². The Balaban J connectivity index is 1.49. The van der Waals surface area contributed by atoms with E-state index in [0.29, 0.717) is 22.2 Å². The van der Waals surface area contributed by atoms with Crippen LogP contribution in [-0.2, 0) is 26.3 Å². The van der Waals surface area contributed by atoms with Gasteiger partial charge in [-0.3, -0.25) is 14.5 Å². The molecule has 2 aromatic heterocycles. The van der Waals surface area contributed by atoms with Gasteiger partial charge in [-0.25, -0.2) is 9.48 Å². The highest BCUT2D eigenvalue weighted by Gasteiger charge is 2.54. The smallest absolute Gasteiger partial charge is 0.352 e. The molecule has 0 aliphatic carbocycles.